The van der Waals surface area contributed by atoms with Crippen molar-refractivity contribution in [3.8, 4) is 0 Å². The molecule has 1 spiro atoms. The molecule has 0 aromatic heterocycles. The van der Waals surface area contributed by atoms with Crippen molar-refractivity contribution in [1.29, 1.82) is 0 Å². The summed E-state index contributed by atoms with van der Waals surface area (Å²) in [6.45, 7) is 5.72. The maximum Gasteiger partial charge on any atom is 0.244 e. The summed E-state index contributed by atoms with van der Waals surface area (Å²) in [6.07, 6.45) is 5.60. The number of ketones is 1. The Kier molecular flexibility index (Phi) is 5.24. The fraction of sp³-hybridized carbons (Fsp3) is 0.526. The fourth-order valence-corrected chi connectivity index (χ4v) is 7.38. The van der Waals surface area contributed by atoms with Crippen LogP contribution in [0, 0.1) is 6.92 Å². The van der Waals surface area contributed by atoms with Crippen LogP contribution in [0.1, 0.15) is 44.1 Å². The number of hydrogen-bond acceptors (Lipinski definition) is 3. The largest absolute Gasteiger partial charge is 0.298 e. The lowest BCUT2D eigenvalue weighted by Gasteiger charge is -2.50. The van der Waals surface area contributed by atoms with Crippen LogP contribution in [0.2, 0.25) is 0 Å². The smallest absolute Gasteiger partial charge is 0.244 e. The molecule has 0 bridgehead atoms. The van der Waals surface area contributed by atoms with Crippen molar-refractivity contribution in [2.45, 2.75) is 66.8 Å². The van der Waals surface area contributed by atoms with Gasteiger partial charge in [-0.1, -0.05) is 39.7 Å². The summed E-state index contributed by atoms with van der Waals surface area (Å²) >= 11 is 3.66. The van der Waals surface area contributed by atoms with Gasteiger partial charge in [-0.15, -0.1) is 6.58 Å². The van der Waals surface area contributed by atoms with Gasteiger partial charge in [0, 0.05) is 17.3 Å². The number of hydrogen-bond donors (Lipinski definition) is 0. The topological polar surface area (TPSA) is 54.5 Å². The second-order valence-electron chi connectivity index (χ2n) is 7.04. The van der Waals surface area contributed by atoms with E-state index in [1.807, 2.05) is 6.92 Å². The summed E-state index contributed by atoms with van der Waals surface area (Å²) in [5, 5.41) is 0. The molecule has 3 rings (SSSR count). The predicted octanol–water partition coefficient (Wildman–Crippen LogP) is 3.98. The summed E-state index contributed by atoms with van der Waals surface area (Å²) in [5.41, 5.74) is 0.0422. The van der Waals surface area contributed by atoms with Crippen LogP contribution in [-0.4, -0.2) is 34.9 Å². The summed E-state index contributed by atoms with van der Waals surface area (Å²) < 4.78 is 28.6. The second-order valence-corrected chi connectivity index (χ2v) is 9.96. The zero-order valence-corrected chi connectivity index (χ0v) is 16.9. The Balaban J connectivity index is 2.16. The van der Waals surface area contributed by atoms with Gasteiger partial charge in [-0.3, -0.25) is 4.79 Å². The van der Waals surface area contributed by atoms with E-state index in [0.29, 0.717) is 19.3 Å². The maximum absolute atomic E-state index is 13.6. The van der Waals surface area contributed by atoms with E-state index >= 15 is 0 Å². The van der Waals surface area contributed by atoms with Crippen molar-refractivity contribution >= 4 is 31.7 Å². The van der Waals surface area contributed by atoms with Gasteiger partial charge in [0.1, 0.15) is 5.54 Å². The molecular weight excluding hydrogens is 402 g/mol. The van der Waals surface area contributed by atoms with Crippen molar-refractivity contribution in [2.24, 2.45) is 0 Å². The van der Waals surface area contributed by atoms with Crippen LogP contribution in [0.15, 0.2) is 41.8 Å². The van der Waals surface area contributed by atoms with Crippen molar-refractivity contribution in [1.82, 2.24) is 4.31 Å². The number of alkyl halides is 1. The van der Waals surface area contributed by atoms with Crippen LogP contribution in [0.25, 0.3) is 0 Å². The van der Waals surface area contributed by atoms with Gasteiger partial charge in [-0.25, -0.2) is 8.42 Å². The van der Waals surface area contributed by atoms with E-state index in [1.165, 1.54) is 4.31 Å². The molecule has 6 heteroatoms. The van der Waals surface area contributed by atoms with Crippen LogP contribution in [0.4, 0.5) is 0 Å². The van der Waals surface area contributed by atoms with Gasteiger partial charge < -0.3 is 0 Å². The number of piperidine rings is 1. The number of carbonyl (C=O) groups is 1. The molecule has 1 aliphatic heterocycles. The first-order valence-corrected chi connectivity index (χ1v) is 11.1. The monoisotopic (exact) mass is 425 g/mol. The van der Waals surface area contributed by atoms with Crippen LogP contribution < -0.4 is 0 Å². The molecule has 2 aliphatic rings. The van der Waals surface area contributed by atoms with Gasteiger partial charge in [-0.2, -0.15) is 4.31 Å². The highest BCUT2D eigenvalue weighted by Gasteiger charge is 2.59. The van der Waals surface area contributed by atoms with Crippen LogP contribution in [-0.2, 0) is 14.8 Å². The van der Waals surface area contributed by atoms with E-state index in [-0.39, 0.29) is 21.5 Å². The van der Waals surface area contributed by atoms with E-state index in [9.17, 15) is 13.2 Å². The minimum Gasteiger partial charge on any atom is -0.298 e. The van der Waals surface area contributed by atoms with E-state index in [0.717, 1.165) is 24.8 Å². The predicted molar refractivity (Wildman–Crippen MR) is 102 cm³/mol. The number of sulfonamides is 1. The number of Topliss-reactive ketones (excluding diaryl/α,β-unsaturated/α-hetero) is 1. The second kappa shape index (κ2) is 6.97. The quantitative estimate of drug-likeness (QED) is 0.541. The van der Waals surface area contributed by atoms with Gasteiger partial charge in [-0.05, 0) is 51.2 Å². The highest BCUT2D eigenvalue weighted by molar-refractivity contribution is 9.09. The number of halogens is 1. The molecule has 4 nitrogen and oxygen atoms in total. The molecule has 1 aromatic carbocycles. The molecule has 2 fully saturated rings. The third-order valence-electron chi connectivity index (χ3n) is 5.46. The molecule has 0 amide bonds. The molecule has 0 radical (unpaired) electrons. The molecule has 1 aliphatic carbocycles. The molecule has 1 heterocycles. The van der Waals surface area contributed by atoms with E-state index in [2.05, 4.69) is 22.5 Å². The van der Waals surface area contributed by atoms with Crippen LogP contribution in [0.3, 0.4) is 0 Å². The fourth-order valence-electron chi connectivity index (χ4n) is 4.24. The molecule has 3 atom stereocenters. The van der Waals surface area contributed by atoms with Gasteiger partial charge in [0.25, 0.3) is 0 Å². The maximum atomic E-state index is 13.6. The van der Waals surface area contributed by atoms with Crippen molar-refractivity contribution in [2.75, 3.05) is 0 Å². The molecule has 1 saturated heterocycles. The lowest BCUT2D eigenvalue weighted by molar-refractivity contribution is -0.127. The lowest BCUT2D eigenvalue weighted by atomic mass is 9.82. The SMILES string of the molecule is C=CC[C@H]1CC[C@H](Br)[C@@]2(CCCC2=O)N1S(=O)(=O)c1ccc(C)cc1. The number of benzene rings is 1. The highest BCUT2D eigenvalue weighted by Crippen LogP contribution is 2.48. The molecule has 136 valence electrons. The van der Waals surface area contributed by atoms with Crippen molar-refractivity contribution < 1.29 is 13.2 Å². The Labute approximate surface area is 158 Å². The lowest BCUT2D eigenvalue weighted by Crippen LogP contribution is -2.65. The number of nitrogens with zero attached hydrogens (tertiary/aromatic N) is 1. The Morgan fingerprint density at radius 3 is 2.56 bits per heavy atom. The molecule has 0 unspecified atom stereocenters. The van der Waals surface area contributed by atoms with E-state index in [4.69, 9.17) is 0 Å². The Morgan fingerprint density at radius 1 is 1.32 bits per heavy atom. The average molecular weight is 426 g/mol. The standard InChI is InChI=1S/C19H24BrNO3S/c1-3-5-15-9-12-17(20)19(13-4-6-18(19)22)21(15)25(23,24)16-10-7-14(2)8-11-16/h3,7-8,10-11,15,17H,1,4-6,9,12-13H2,2H3/t15-,17-,19+/m0/s1. The van der Waals surface area contributed by atoms with Crippen molar-refractivity contribution in [3.63, 3.8) is 0 Å². The molecular formula is C19H24BrNO3S. The first-order chi connectivity index (χ1) is 11.8. The summed E-state index contributed by atoms with van der Waals surface area (Å²) in [7, 11) is -3.77. The summed E-state index contributed by atoms with van der Waals surface area (Å²) in [4.78, 5) is 13.0. The molecule has 1 aromatic rings. The Morgan fingerprint density at radius 2 is 2.00 bits per heavy atom. The summed E-state index contributed by atoms with van der Waals surface area (Å²) in [5.74, 6) is 0.0406. The van der Waals surface area contributed by atoms with Crippen LogP contribution >= 0.6 is 15.9 Å². The van der Waals surface area contributed by atoms with Gasteiger partial charge in [0.05, 0.1) is 4.90 Å². The van der Waals surface area contributed by atoms with Crippen LogP contribution in [0.5, 0.6) is 0 Å². The molecule has 0 N–H and O–H groups in total. The number of rotatable bonds is 4. The zero-order chi connectivity index (χ0) is 18.2. The first-order valence-electron chi connectivity index (χ1n) is 8.73. The zero-order valence-electron chi connectivity index (χ0n) is 14.4. The van der Waals surface area contributed by atoms with Crippen molar-refractivity contribution in [3.05, 3.63) is 42.5 Å². The number of carbonyl (C=O) groups excluding carboxylic acids is 1. The summed E-state index contributed by atoms with van der Waals surface area (Å²) in [6, 6.07) is 6.66. The molecule has 1 saturated carbocycles. The Bertz CT molecular complexity index is 774. The van der Waals surface area contributed by atoms with E-state index < -0.39 is 15.6 Å². The van der Waals surface area contributed by atoms with Gasteiger partial charge >= 0.3 is 0 Å². The highest BCUT2D eigenvalue weighted by atomic mass is 79.9. The first kappa shape index (κ1) is 18.8. The minimum atomic E-state index is -3.77. The van der Waals surface area contributed by atoms with Gasteiger partial charge in [0.15, 0.2) is 5.78 Å². The molecule has 25 heavy (non-hydrogen) atoms. The average Bonchev–Trinajstić information content (AvgIpc) is 2.94. The third-order valence-corrected chi connectivity index (χ3v) is 8.68. The Hall–Kier alpha value is -0.980. The minimum absolute atomic E-state index is 0.0406. The van der Waals surface area contributed by atoms with E-state index in [1.54, 1.807) is 30.3 Å². The van der Waals surface area contributed by atoms with Gasteiger partial charge in [0.2, 0.25) is 10.0 Å². The normalized spacial score (nSPS) is 30.7. The third kappa shape index (κ3) is 3.02. The number of aryl methyl sites for hydroxylation is 1.